The van der Waals surface area contributed by atoms with E-state index >= 15 is 0 Å². The van der Waals surface area contributed by atoms with Gasteiger partial charge in [0.15, 0.2) is 0 Å². The minimum atomic E-state index is 0.109. The second kappa shape index (κ2) is 6.66. The second-order valence-corrected chi connectivity index (χ2v) is 8.20. The Labute approximate surface area is 123 Å². The smallest absolute Gasteiger partial charge is 0.0758 e. The Balaban J connectivity index is 1.84. The zero-order chi connectivity index (χ0) is 12.3. The average molecular weight is 383 g/mol. The van der Waals surface area contributed by atoms with Gasteiger partial charge in [-0.15, -0.1) is 11.3 Å². The third-order valence-corrected chi connectivity index (χ3v) is 5.54. The van der Waals surface area contributed by atoms with Gasteiger partial charge in [0.25, 0.3) is 0 Å². The van der Waals surface area contributed by atoms with Crippen LogP contribution in [0.4, 0.5) is 0 Å². The first-order chi connectivity index (χ1) is 8.16. The third kappa shape index (κ3) is 4.03. The summed E-state index contributed by atoms with van der Waals surface area (Å²) >= 11 is 8.73. The molecule has 5 heteroatoms. The molecule has 17 heavy (non-hydrogen) atoms. The molecule has 0 amide bonds. The van der Waals surface area contributed by atoms with Crippen molar-refractivity contribution in [3.05, 3.63) is 19.2 Å². The van der Waals surface area contributed by atoms with Crippen molar-refractivity contribution in [3.8, 4) is 0 Å². The van der Waals surface area contributed by atoms with E-state index in [0.29, 0.717) is 6.10 Å². The van der Waals surface area contributed by atoms with Gasteiger partial charge in [0.1, 0.15) is 0 Å². The number of halogens is 2. The summed E-state index contributed by atoms with van der Waals surface area (Å²) in [4.78, 5) is 0. The Morgan fingerprint density at radius 3 is 2.88 bits per heavy atom. The summed E-state index contributed by atoms with van der Waals surface area (Å²) in [5.74, 6) is 0. The summed E-state index contributed by atoms with van der Waals surface area (Å²) in [7, 11) is 0. The Bertz CT molecular complexity index is 363. The Hall–Kier alpha value is 0.580. The fraction of sp³-hybridized carbons (Fsp3) is 0.667. The molecule has 2 N–H and O–H groups in total. The van der Waals surface area contributed by atoms with E-state index < -0.39 is 0 Å². The molecule has 1 aromatic rings. The number of thiophene rings is 1. The van der Waals surface area contributed by atoms with Crippen molar-refractivity contribution in [1.29, 1.82) is 0 Å². The van der Waals surface area contributed by atoms with Crippen LogP contribution in [0.25, 0.3) is 0 Å². The van der Waals surface area contributed by atoms with Crippen LogP contribution in [0.2, 0.25) is 0 Å². The minimum absolute atomic E-state index is 0.109. The highest BCUT2D eigenvalue weighted by molar-refractivity contribution is 9.12. The van der Waals surface area contributed by atoms with E-state index in [1.807, 2.05) is 0 Å². The Morgan fingerprint density at radius 2 is 2.29 bits per heavy atom. The van der Waals surface area contributed by atoms with E-state index in [4.69, 9.17) is 10.5 Å². The predicted octanol–water partition coefficient (Wildman–Crippen LogP) is 4.62. The lowest BCUT2D eigenvalue weighted by molar-refractivity contribution is 0.00912. The summed E-state index contributed by atoms with van der Waals surface area (Å²) in [5.41, 5.74) is 7.43. The maximum Gasteiger partial charge on any atom is 0.0758 e. The van der Waals surface area contributed by atoms with Crippen LogP contribution >= 0.6 is 43.2 Å². The van der Waals surface area contributed by atoms with E-state index in [-0.39, 0.29) is 6.04 Å². The van der Waals surface area contributed by atoms with Gasteiger partial charge in [-0.25, -0.2) is 0 Å². The molecule has 0 radical (unpaired) electrons. The van der Waals surface area contributed by atoms with Crippen molar-refractivity contribution >= 4 is 43.2 Å². The predicted molar refractivity (Wildman–Crippen MR) is 79.5 cm³/mol. The normalized spacial score (nSPS) is 22.6. The van der Waals surface area contributed by atoms with Crippen LogP contribution in [-0.4, -0.2) is 12.7 Å². The van der Waals surface area contributed by atoms with E-state index in [0.717, 1.165) is 27.0 Å². The van der Waals surface area contributed by atoms with Gasteiger partial charge < -0.3 is 10.5 Å². The maximum atomic E-state index is 6.23. The monoisotopic (exact) mass is 381 g/mol. The molecular formula is C12H17Br2NOS. The highest BCUT2D eigenvalue weighted by Gasteiger charge is 2.18. The Kier molecular flexibility index (Phi) is 5.49. The third-order valence-electron chi connectivity index (χ3n) is 3.16. The molecule has 2 rings (SSSR count). The number of rotatable bonds is 4. The zero-order valence-electron chi connectivity index (χ0n) is 9.62. The lowest BCUT2D eigenvalue weighted by Crippen LogP contribution is -2.21. The topological polar surface area (TPSA) is 35.2 Å². The Morgan fingerprint density at radius 1 is 1.47 bits per heavy atom. The van der Waals surface area contributed by atoms with Gasteiger partial charge >= 0.3 is 0 Å². The summed E-state index contributed by atoms with van der Waals surface area (Å²) in [6.45, 7) is 0.924. The van der Waals surface area contributed by atoms with Crippen LogP contribution in [-0.2, 0) is 4.74 Å². The fourth-order valence-electron chi connectivity index (χ4n) is 2.16. The van der Waals surface area contributed by atoms with Crippen LogP contribution in [0.5, 0.6) is 0 Å². The lowest BCUT2D eigenvalue weighted by Gasteiger charge is -2.23. The molecular weight excluding hydrogens is 366 g/mol. The van der Waals surface area contributed by atoms with Crippen LogP contribution in [0.15, 0.2) is 13.6 Å². The lowest BCUT2D eigenvalue weighted by atomic mass is 9.99. The molecule has 0 aromatic carbocycles. The molecule has 0 bridgehead atoms. The molecule has 2 heterocycles. The van der Waals surface area contributed by atoms with E-state index in [2.05, 4.69) is 37.9 Å². The highest BCUT2D eigenvalue weighted by Crippen LogP contribution is 2.36. The molecule has 0 saturated carbocycles. The van der Waals surface area contributed by atoms with Crippen molar-refractivity contribution in [2.75, 3.05) is 6.61 Å². The second-order valence-electron chi connectivity index (χ2n) is 4.45. The number of hydrogen-bond acceptors (Lipinski definition) is 3. The van der Waals surface area contributed by atoms with Gasteiger partial charge in [0, 0.05) is 12.6 Å². The van der Waals surface area contributed by atoms with Crippen molar-refractivity contribution < 1.29 is 4.74 Å². The molecule has 0 spiro atoms. The zero-order valence-corrected chi connectivity index (χ0v) is 13.6. The highest BCUT2D eigenvalue weighted by atomic mass is 79.9. The van der Waals surface area contributed by atoms with E-state index in [1.165, 1.54) is 24.8 Å². The largest absolute Gasteiger partial charge is 0.378 e. The number of nitrogens with two attached hydrogens (primary N) is 1. The molecule has 96 valence electrons. The van der Waals surface area contributed by atoms with Gasteiger partial charge in [0.05, 0.1) is 13.7 Å². The molecule has 0 aliphatic carbocycles. The fourth-order valence-corrected chi connectivity index (χ4v) is 5.16. The van der Waals surface area contributed by atoms with Gasteiger partial charge in [-0.1, -0.05) is 0 Å². The average Bonchev–Trinajstić information content (AvgIpc) is 2.67. The molecule has 2 atom stereocenters. The molecule has 1 aliphatic rings. The van der Waals surface area contributed by atoms with Crippen molar-refractivity contribution in [1.82, 2.24) is 0 Å². The quantitative estimate of drug-likeness (QED) is 0.824. The minimum Gasteiger partial charge on any atom is -0.378 e. The molecule has 1 aliphatic heterocycles. The number of ether oxygens (including phenoxy) is 1. The maximum absolute atomic E-state index is 6.23. The first-order valence-corrected chi connectivity index (χ1v) is 8.39. The van der Waals surface area contributed by atoms with Gasteiger partial charge in [0.2, 0.25) is 0 Å². The first-order valence-electron chi connectivity index (χ1n) is 5.98. The van der Waals surface area contributed by atoms with E-state index in [9.17, 15) is 0 Å². The van der Waals surface area contributed by atoms with Crippen LogP contribution in [0.1, 0.15) is 43.7 Å². The van der Waals surface area contributed by atoms with Crippen molar-refractivity contribution in [3.63, 3.8) is 0 Å². The van der Waals surface area contributed by atoms with Crippen LogP contribution in [0, 0.1) is 0 Å². The molecule has 1 saturated heterocycles. The summed E-state index contributed by atoms with van der Waals surface area (Å²) in [6, 6.07) is 2.22. The standard InChI is InChI=1S/C12H17Br2NOS/c13-11-7-9(12(14)17-11)10(15)5-4-8-3-1-2-6-16-8/h7-8,10H,1-6,15H2. The van der Waals surface area contributed by atoms with Gasteiger partial charge in [-0.05, 0) is 75.6 Å². The van der Waals surface area contributed by atoms with Crippen molar-refractivity contribution in [2.24, 2.45) is 5.73 Å². The van der Waals surface area contributed by atoms with Gasteiger partial charge in [-0.2, -0.15) is 0 Å². The van der Waals surface area contributed by atoms with Crippen molar-refractivity contribution in [2.45, 2.75) is 44.2 Å². The molecule has 1 fully saturated rings. The van der Waals surface area contributed by atoms with Crippen LogP contribution < -0.4 is 5.73 Å². The summed E-state index contributed by atoms with van der Waals surface area (Å²) in [5, 5.41) is 0. The molecule has 2 nitrogen and oxygen atoms in total. The first kappa shape index (κ1) is 14.0. The molecule has 2 unspecified atom stereocenters. The molecule has 1 aromatic heterocycles. The van der Waals surface area contributed by atoms with Crippen LogP contribution in [0.3, 0.4) is 0 Å². The number of hydrogen-bond donors (Lipinski definition) is 1. The summed E-state index contributed by atoms with van der Waals surface area (Å²) in [6.07, 6.45) is 6.20. The SMILES string of the molecule is NC(CCC1CCCCO1)c1cc(Br)sc1Br. The van der Waals surface area contributed by atoms with Gasteiger partial charge in [-0.3, -0.25) is 0 Å². The summed E-state index contributed by atoms with van der Waals surface area (Å²) < 4.78 is 7.99. The van der Waals surface area contributed by atoms with E-state index in [1.54, 1.807) is 11.3 Å².